The molecule has 0 saturated carbocycles. The van der Waals surface area contributed by atoms with Gasteiger partial charge in [-0.1, -0.05) is 12.1 Å². The van der Waals surface area contributed by atoms with Crippen LogP contribution in [0.15, 0.2) is 48.5 Å². The van der Waals surface area contributed by atoms with Crippen LogP contribution in [0.25, 0.3) is 10.2 Å². The van der Waals surface area contributed by atoms with Gasteiger partial charge in [-0.25, -0.2) is 4.98 Å². The fourth-order valence-corrected chi connectivity index (χ4v) is 5.69. The molecule has 2 aliphatic heterocycles. The first-order valence-electron chi connectivity index (χ1n) is 11.0. The molecule has 1 N–H and O–H groups in total. The Morgan fingerprint density at radius 3 is 2.63 bits per heavy atom. The molecule has 2 aromatic carbocycles. The first-order valence-corrected chi connectivity index (χ1v) is 11.8. The fraction of sp³-hybridized carbons (Fsp3) is 0.417. The van der Waals surface area contributed by atoms with E-state index in [9.17, 15) is 4.79 Å². The SMILES string of the molecule is O=C(CN1CCC[C@H](c2nc3ccccc3s2)C1)Nc1ccc(N2CCCC2)cc1. The summed E-state index contributed by atoms with van der Waals surface area (Å²) in [7, 11) is 0. The number of carbonyl (C=O) groups is 1. The molecule has 2 saturated heterocycles. The number of hydrogen-bond donors (Lipinski definition) is 1. The van der Waals surface area contributed by atoms with E-state index < -0.39 is 0 Å². The normalized spacial score (nSPS) is 20.0. The number of thiazole rings is 1. The number of aromatic nitrogens is 1. The van der Waals surface area contributed by atoms with Gasteiger partial charge in [0.25, 0.3) is 0 Å². The van der Waals surface area contributed by atoms with Gasteiger partial charge >= 0.3 is 0 Å². The lowest BCUT2D eigenvalue weighted by Crippen LogP contribution is -2.39. The van der Waals surface area contributed by atoms with Crippen LogP contribution < -0.4 is 10.2 Å². The van der Waals surface area contributed by atoms with E-state index >= 15 is 0 Å². The summed E-state index contributed by atoms with van der Waals surface area (Å²) in [6.45, 7) is 4.59. The van der Waals surface area contributed by atoms with Crippen molar-refractivity contribution in [2.75, 3.05) is 42.9 Å². The Morgan fingerprint density at radius 2 is 1.83 bits per heavy atom. The van der Waals surface area contributed by atoms with E-state index in [0.29, 0.717) is 12.5 Å². The Balaban J connectivity index is 1.17. The van der Waals surface area contributed by atoms with Gasteiger partial charge in [-0.3, -0.25) is 9.69 Å². The minimum Gasteiger partial charge on any atom is -0.372 e. The zero-order valence-electron chi connectivity index (χ0n) is 17.2. The van der Waals surface area contributed by atoms with Crippen molar-refractivity contribution in [2.45, 2.75) is 31.6 Å². The maximum absolute atomic E-state index is 12.6. The molecule has 30 heavy (non-hydrogen) atoms. The van der Waals surface area contributed by atoms with Crippen molar-refractivity contribution >= 4 is 38.8 Å². The molecule has 156 valence electrons. The van der Waals surface area contributed by atoms with Gasteiger partial charge in [0.1, 0.15) is 0 Å². The number of nitrogens with one attached hydrogen (secondary N) is 1. The minimum atomic E-state index is 0.0638. The highest BCUT2D eigenvalue weighted by molar-refractivity contribution is 7.18. The summed E-state index contributed by atoms with van der Waals surface area (Å²) in [5, 5.41) is 4.28. The first-order chi connectivity index (χ1) is 14.7. The third-order valence-corrected chi connectivity index (χ3v) is 7.35. The maximum atomic E-state index is 12.6. The molecule has 5 rings (SSSR count). The Kier molecular flexibility index (Phi) is 5.69. The topological polar surface area (TPSA) is 48.5 Å². The molecule has 0 unspecified atom stereocenters. The van der Waals surface area contributed by atoms with Crippen molar-refractivity contribution in [3.63, 3.8) is 0 Å². The standard InChI is InChI=1S/C24H28N4OS/c29-23(25-19-9-11-20(12-10-19)28-14-3-4-15-28)17-27-13-5-6-18(16-27)24-26-21-7-1-2-8-22(21)30-24/h1-2,7-12,18H,3-6,13-17H2,(H,25,29)/t18-/m0/s1. The zero-order chi connectivity index (χ0) is 20.3. The average Bonchev–Trinajstić information content (AvgIpc) is 3.44. The van der Waals surface area contributed by atoms with Crippen molar-refractivity contribution in [1.29, 1.82) is 0 Å². The number of anilines is 2. The zero-order valence-corrected chi connectivity index (χ0v) is 18.0. The van der Waals surface area contributed by atoms with E-state index in [1.54, 1.807) is 11.3 Å². The van der Waals surface area contributed by atoms with Crippen LogP contribution in [0.3, 0.4) is 0 Å². The summed E-state index contributed by atoms with van der Waals surface area (Å²) in [6, 6.07) is 16.6. The number of nitrogens with zero attached hydrogens (tertiary/aromatic N) is 3. The molecule has 0 spiro atoms. The monoisotopic (exact) mass is 420 g/mol. The van der Waals surface area contributed by atoms with Crippen LogP contribution in [0.4, 0.5) is 11.4 Å². The second-order valence-corrected chi connectivity index (χ2v) is 9.45. The van der Waals surface area contributed by atoms with E-state index in [4.69, 9.17) is 4.98 Å². The number of fused-ring (bicyclic) bond motifs is 1. The number of likely N-dealkylation sites (tertiary alicyclic amines) is 1. The highest BCUT2D eigenvalue weighted by Gasteiger charge is 2.25. The van der Waals surface area contributed by atoms with Crippen LogP contribution >= 0.6 is 11.3 Å². The smallest absolute Gasteiger partial charge is 0.238 e. The van der Waals surface area contributed by atoms with Crippen molar-refractivity contribution in [3.05, 3.63) is 53.5 Å². The molecule has 0 aliphatic carbocycles. The molecule has 1 aromatic heterocycles. The third-order valence-electron chi connectivity index (χ3n) is 6.15. The van der Waals surface area contributed by atoms with Gasteiger partial charge < -0.3 is 10.2 Å². The average molecular weight is 421 g/mol. The minimum absolute atomic E-state index is 0.0638. The molecule has 3 heterocycles. The molecule has 6 heteroatoms. The predicted molar refractivity (Wildman–Crippen MR) is 125 cm³/mol. The van der Waals surface area contributed by atoms with E-state index in [1.165, 1.54) is 28.2 Å². The predicted octanol–water partition coefficient (Wildman–Crippen LogP) is 4.71. The van der Waals surface area contributed by atoms with Gasteiger partial charge in [-0.15, -0.1) is 11.3 Å². The van der Waals surface area contributed by atoms with Gasteiger partial charge in [0.2, 0.25) is 5.91 Å². The lowest BCUT2D eigenvalue weighted by Gasteiger charge is -2.31. The number of hydrogen-bond acceptors (Lipinski definition) is 5. The van der Waals surface area contributed by atoms with E-state index in [1.807, 2.05) is 18.2 Å². The lowest BCUT2D eigenvalue weighted by molar-refractivity contribution is -0.117. The Bertz CT molecular complexity index is 976. The summed E-state index contributed by atoms with van der Waals surface area (Å²) in [5.74, 6) is 0.484. The van der Waals surface area contributed by atoms with E-state index in [-0.39, 0.29) is 5.91 Å². The summed E-state index contributed by atoms with van der Waals surface area (Å²) < 4.78 is 1.25. The van der Waals surface area contributed by atoms with Gasteiger partial charge in [0.15, 0.2) is 0 Å². The van der Waals surface area contributed by atoms with Crippen LogP contribution in [0.1, 0.15) is 36.6 Å². The quantitative estimate of drug-likeness (QED) is 0.649. The fourth-order valence-electron chi connectivity index (χ4n) is 4.60. The van der Waals surface area contributed by atoms with Gasteiger partial charge in [-0.05, 0) is 68.6 Å². The molecule has 5 nitrogen and oxygen atoms in total. The second kappa shape index (κ2) is 8.74. The van der Waals surface area contributed by atoms with Crippen LogP contribution in [0.2, 0.25) is 0 Å². The molecule has 1 atom stereocenters. The molecule has 2 aliphatic rings. The molecule has 1 amide bonds. The van der Waals surface area contributed by atoms with Gasteiger partial charge in [0, 0.05) is 36.9 Å². The molecule has 0 bridgehead atoms. The number of carbonyl (C=O) groups excluding carboxylic acids is 1. The van der Waals surface area contributed by atoms with Crippen molar-refractivity contribution < 1.29 is 4.79 Å². The molecule has 3 aromatic rings. The van der Waals surface area contributed by atoms with Crippen LogP contribution in [0.5, 0.6) is 0 Å². The Morgan fingerprint density at radius 1 is 1.03 bits per heavy atom. The molecular weight excluding hydrogens is 392 g/mol. The van der Waals surface area contributed by atoms with Crippen molar-refractivity contribution in [2.24, 2.45) is 0 Å². The largest absolute Gasteiger partial charge is 0.372 e. The van der Waals surface area contributed by atoms with Crippen LogP contribution in [-0.2, 0) is 4.79 Å². The number of rotatable bonds is 5. The van der Waals surface area contributed by atoms with Gasteiger partial charge in [-0.2, -0.15) is 0 Å². The molecular formula is C24H28N4OS. The van der Waals surface area contributed by atoms with Crippen molar-refractivity contribution in [3.8, 4) is 0 Å². The molecule has 0 radical (unpaired) electrons. The summed E-state index contributed by atoms with van der Waals surface area (Å²) in [4.78, 5) is 22.2. The maximum Gasteiger partial charge on any atom is 0.238 e. The summed E-state index contributed by atoms with van der Waals surface area (Å²) >= 11 is 1.80. The van der Waals surface area contributed by atoms with E-state index in [2.05, 4.69) is 45.4 Å². The third kappa shape index (κ3) is 4.35. The van der Waals surface area contributed by atoms with Gasteiger partial charge in [0.05, 0.1) is 21.8 Å². The number of para-hydroxylation sites is 1. The number of benzene rings is 2. The summed E-state index contributed by atoms with van der Waals surface area (Å²) in [5.41, 5.74) is 3.22. The highest BCUT2D eigenvalue weighted by atomic mass is 32.1. The lowest BCUT2D eigenvalue weighted by atomic mass is 9.99. The molecule has 2 fully saturated rings. The Labute approximate surface area is 181 Å². The summed E-state index contributed by atoms with van der Waals surface area (Å²) in [6.07, 6.45) is 4.80. The second-order valence-electron chi connectivity index (χ2n) is 8.38. The van der Waals surface area contributed by atoms with Crippen molar-refractivity contribution in [1.82, 2.24) is 9.88 Å². The van der Waals surface area contributed by atoms with Crippen LogP contribution in [0, 0.1) is 0 Å². The van der Waals surface area contributed by atoms with E-state index in [0.717, 1.165) is 50.2 Å². The van der Waals surface area contributed by atoms with Crippen LogP contribution in [-0.4, -0.2) is 48.5 Å². The first kappa shape index (κ1) is 19.5. The number of piperidine rings is 1. The Hall–Kier alpha value is -2.44. The number of amides is 1. The highest BCUT2D eigenvalue weighted by Crippen LogP contribution is 2.33.